The first kappa shape index (κ1) is 13.1. The van der Waals surface area contributed by atoms with Gasteiger partial charge in [-0.05, 0) is 26.0 Å². The molecular formula is C16H19N3O. The number of likely N-dealkylation sites (tertiary alicyclic amines) is 1. The van der Waals surface area contributed by atoms with Gasteiger partial charge in [-0.3, -0.25) is 9.78 Å². The van der Waals surface area contributed by atoms with Crippen molar-refractivity contribution in [2.45, 2.75) is 38.4 Å². The number of para-hydroxylation sites is 1. The van der Waals surface area contributed by atoms with E-state index in [2.05, 4.69) is 0 Å². The third-order valence-electron chi connectivity index (χ3n) is 3.88. The van der Waals surface area contributed by atoms with Crippen molar-refractivity contribution in [3.05, 3.63) is 42.1 Å². The lowest BCUT2D eigenvalue weighted by atomic mass is 10.0. The lowest BCUT2D eigenvalue weighted by Crippen LogP contribution is -2.38. The SMILES string of the molecule is CC(C)N1C(=O)CC(N)C1c1ccc2ccccc2n1. The van der Waals surface area contributed by atoms with Crippen LogP contribution in [0.4, 0.5) is 0 Å². The highest BCUT2D eigenvalue weighted by molar-refractivity contribution is 5.81. The number of nitrogens with zero attached hydrogens (tertiary/aromatic N) is 2. The van der Waals surface area contributed by atoms with E-state index >= 15 is 0 Å². The molecule has 1 aromatic carbocycles. The molecule has 2 unspecified atom stereocenters. The van der Waals surface area contributed by atoms with Gasteiger partial charge >= 0.3 is 0 Å². The van der Waals surface area contributed by atoms with E-state index < -0.39 is 0 Å². The molecular weight excluding hydrogens is 250 g/mol. The smallest absolute Gasteiger partial charge is 0.225 e. The van der Waals surface area contributed by atoms with Crippen molar-refractivity contribution >= 4 is 16.8 Å². The number of amides is 1. The van der Waals surface area contributed by atoms with Gasteiger partial charge < -0.3 is 10.6 Å². The van der Waals surface area contributed by atoms with Gasteiger partial charge in [-0.1, -0.05) is 24.3 Å². The summed E-state index contributed by atoms with van der Waals surface area (Å²) in [5.41, 5.74) is 8.00. The quantitative estimate of drug-likeness (QED) is 0.909. The second kappa shape index (κ2) is 4.87. The van der Waals surface area contributed by atoms with Crippen molar-refractivity contribution in [2.24, 2.45) is 5.73 Å². The number of carbonyl (C=O) groups excluding carboxylic acids is 1. The predicted molar refractivity (Wildman–Crippen MR) is 79.1 cm³/mol. The van der Waals surface area contributed by atoms with E-state index in [1.54, 1.807) is 0 Å². The topological polar surface area (TPSA) is 59.2 Å². The van der Waals surface area contributed by atoms with Crippen molar-refractivity contribution in [2.75, 3.05) is 0 Å². The molecule has 1 amide bonds. The van der Waals surface area contributed by atoms with Crippen LogP contribution in [0.25, 0.3) is 10.9 Å². The average molecular weight is 269 g/mol. The molecule has 2 atom stereocenters. The molecule has 0 bridgehead atoms. The molecule has 1 saturated heterocycles. The zero-order chi connectivity index (χ0) is 14.3. The van der Waals surface area contributed by atoms with Crippen molar-refractivity contribution in [3.8, 4) is 0 Å². The minimum Gasteiger partial charge on any atom is -0.330 e. The standard InChI is InChI=1S/C16H19N3O/c1-10(2)19-15(20)9-12(17)16(19)14-8-7-11-5-3-4-6-13(11)18-14/h3-8,10,12,16H,9,17H2,1-2H3. The van der Waals surface area contributed by atoms with Gasteiger partial charge in [0.1, 0.15) is 0 Å². The van der Waals surface area contributed by atoms with E-state index in [4.69, 9.17) is 10.7 Å². The molecule has 0 aliphatic carbocycles. The van der Waals surface area contributed by atoms with Gasteiger partial charge in [0, 0.05) is 23.9 Å². The van der Waals surface area contributed by atoms with E-state index in [9.17, 15) is 4.79 Å². The summed E-state index contributed by atoms with van der Waals surface area (Å²) in [5, 5.41) is 1.10. The van der Waals surface area contributed by atoms with Gasteiger partial charge in [-0.15, -0.1) is 0 Å². The first-order valence-corrected chi connectivity index (χ1v) is 7.00. The number of nitrogens with two attached hydrogens (primary N) is 1. The van der Waals surface area contributed by atoms with E-state index in [1.165, 1.54) is 0 Å². The number of hydrogen-bond acceptors (Lipinski definition) is 3. The number of hydrogen-bond donors (Lipinski definition) is 1. The fourth-order valence-corrected chi connectivity index (χ4v) is 3.00. The Hall–Kier alpha value is -1.94. The van der Waals surface area contributed by atoms with Crippen LogP contribution in [0.3, 0.4) is 0 Å². The van der Waals surface area contributed by atoms with Gasteiger partial charge in [-0.2, -0.15) is 0 Å². The number of benzene rings is 1. The Morgan fingerprint density at radius 2 is 2.00 bits per heavy atom. The molecule has 2 N–H and O–H groups in total. The number of fused-ring (bicyclic) bond motifs is 1. The summed E-state index contributed by atoms with van der Waals surface area (Å²) < 4.78 is 0. The van der Waals surface area contributed by atoms with Crippen LogP contribution in [-0.2, 0) is 4.79 Å². The highest BCUT2D eigenvalue weighted by Gasteiger charge is 2.40. The maximum Gasteiger partial charge on any atom is 0.225 e. The lowest BCUT2D eigenvalue weighted by molar-refractivity contribution is -0.130. The van der Waals surface area contributed by atoms with Crippen molar-refractivity contribution < 1.29 is 4.79 Å². The van der Waals surface area contributed by atoms with Crippen molar-refractivity contribution in [3.63, 3.8) is 0 Å². The zero-order valence-electron chi connectivity index (χ0n) is 11.8. The van der Waals surface area contributed by atoms with E-state index in [0.717, 1.165) is 16.6 Å². The number of carbonyl (C=O) groups is 1. The molecule has 104 valence electrons. The highest BCUT2D eigenvalue weighted by Crippen LogP contribution is 2.33. The van der Waals surface area contributed by atoms with Crippen LogP contribution in [-0.4, -0.2) is 27.9 Å². The summed E-state index contributed by atoms with van der Waals surface area (Å²) in [7, 11) is 0. The first-order chi connectivity index (χ1) is 9.58. The van der Waals surface area contributed by atoms with Gasteiger partial charge in [-0.25, -0.2) is 0 Å². The van der Waals surface area contributed by atoms with Crippen LogP contribution in [0.5, 0.6) is 0 Å². The van der Waals surface area contributed by atoms with Gasteiger partial charge in [0.15, 0.2) is 0 Å². The largest absolute Gasteiger partial charge is 0.330 e. The normalized spacial score (nSPS) is 23.0. The number of aromatic nitrogens is 1. The maximum absolute atomic E-state index is 12.1. The Kier molecular flexibility index (Phi) is 3.18. The first-order valence-electron chi connectivity index (χ1n) is 7.00. The maximum atomic E-state index is 12.1. The third kappa shape index (κ3) is 2.06. The zero-order valence-corrected chi connectivity index (χ0v) is 11.8. The summed E-state index contributed by atoms with van der Waals surface area (Å²) >= 11 is 0. The minimum atomic E-state index is -0.182. The van der Waals surface area contributed by atoms with Crippen LogP contribution < -0.4 is 5.73 Å². The summed E-state index contributed by atoms with van der Waals surface area (Å²) in [6, 6.07) is 11.9. The van der Waals surface area contributed by atoms with Gasteiger partial charge in [0.25, 0.3) is 0 Å². The molecule has 1 aliphatic heterocycles. The summed E-state index contributed by atoms with van der Waals surface area (Å²) in [6.45, 7) is 4.04. The second-order valence-electron chi connectivity index (χ2n) is 5.64. The summed E-state index contributed by atoms with van der Waals surface area (Å²) in [4.78, 5) is 18.7. The van der Waals surface area contributed by atoms with E-state index in [0.29, 0.717) is 6.42 Å². The van der Waals surface area contributed by atoms with Crippen LogP contribution in [0, 0.1) is 0 Å². The summed E-state index contributed by atoms with van der Waals surface area (Å²) in [5.74, 6) is 0.118. The number of pyridine rings is 1. The molecule has 0 radical (unpaired) electrons. The molecule has 1 fully saturated rings. The molecule has 4 nitrogen and oxygen atoms in total. The van der Waals surface area contributed by atoms with Crippen LogP contribution in [0.2, 0.25) is 0 Å². The molecule has 1 aliphatic rings. The molecule has 3 rings (SSSR count). The van der Waals surface area contributed by atoms with Crippen LogP contribution >= 0.6 is 0 Å². The lowest BCUT2D eigenvalue weighted by Gasteiger charge is -2.30. The van der Waals surface area contributed by atoms with Gasteiger partial charge in [0.2, 0.25) is 5.91 Å². The third-order valence-corrected chi connectivity index (χ3v) is 3.88. The fourth-order valence-electron chi connectivity index (χ4n) is 3.00. The summed E-state index contributed by atoms with van der Waals surface area (Å²) in [6.07, 6.45) is 0.400. The molecule has 20 heavy (non-hydrogen) atoms. The average Bonchev–Trinajstić information content (AvgIpc) is 2.73. The molecule has 1 aromatic heterocycles. The molecule has 0 saturated carbocycles. The predicted octanol–water partition coefficient (Wildman–Crippen LogP) is 2.24. The number of rotatable bonds is 2. The Balaban J connectivity index is 2.06. The fraction of sp³-hybridized carbons (Fsp3) is 0.375. The monoisotopic (exact) mass is 269 g/mol. The van der Waals surface area contributed by atoms with Crippen LogP contribution in [0.1, 0.15) is 32.0 Å². The minimum absolute atomic E-state index is 0.118. The highest BCUT2D eigenvalue weighted by atomic mass is 16.2. The van der Waals surface area contributed by atoms with Crippen molar-refractivity contribution in [1.82, 2.24) is 9.88 Å². The molecule has 2 heterocycles. The Labute approximate surface area is 118 Å². The molecule has 0 spiro atoms. The van der Waals surface area contributed by atoms with Crippen molar-refractivity contribution in [1.29, 1.82) is 0 Å². The van der Waals surface area contributed by atoms with Gasteiger partial charge in [0.05, 0.1) is 17.3 Å². The molecule has 4 heteroatoms. The Morgan fingerprint density at radius 1 is 1.25 bits per heavy atom. The van der Waals surface area contributed by atoms with E-state index in [-0.39, 0.29) is 24.0 Å². The Bertz CT molecular complexity index is 653. The Morgan fingerprint density at radius 3 is 2.75 bits per heavy atom. The molecule has 2 aromatic rings. The van der Waals surface area contributed by atoms with E-state index in [1.807, 2.05) is 55.1 Å². The van der Waals surface area contributed by atoms with Crippen LogP contribution in [0.15, 0.2) is 36.4 Å². The second-order valence-corrected chi connectivity index (χ2v) is 5.64.